The molecule has 1 aliphatic heterocycles. The summed E-state index contributed by atoms with van der Waals surface area (Å²) in [6, 6.07) is 16.0. The Balaban J connectivity index is 1.13. The SMILES string of the molecule is Nc1ncnc2c1c(-c1ccc3[nH]c(Cc4ccccc4F)cc3c1)nn2C1CCC(N2CCN(CCO)CC2)CC1. The van der Waals surface area contributed by atoms with Crippen LogP contribution in [0.3, 0.4) is 0 Å². The molecule has 2 aliphatic rings. The van der Waals surface area contributed by atoms with Gasteiger partial charge >= 0.3 is 0 Å². The molecule has 3 aromatic heterocycles. The number of hydrogen-bond acceptors (Lipinski definition) is 7. The van der Waals surface area contributed by atoms with Crippen molar-refractivity contribution in [2.75, 3.05) is 45.1 Å². The Labute approximate surface area is 244 Å². The molecule has 2 fully saturated rings. The number of aliphatic hydroxyl groups is 1. The van der Waals surface area contributed by atoms with Gasteiger partial charge in [0.2, 0.25) is 0 Å². The minimum Gasteiger partial charge on any atom is -0.395 e. The lowest BCUT2D eigenvalue weighted by atomic mass is 9.90. The van der Waals surface area contributed by atoms with Crippen LogP contribution in [0.15, 0.2) is 54.9 Å². The Morgan fingerprint density at radius 2 is 1.74 bits per heavy atom. The number of fused-ring (bicyclic) bond motifs is 2. The van der Waals surface area contributed by atoms with Crippen LogP contribution in [0.1, 0.15) is 43.0 Å². The van der Waals surface area contributed by atoms with Gasteiger partial charge in [0.25, 0.3) is 0 Å². The predicted octanol–water partition coefficient (Wildman–Crippen LogP) is 4.38. The van der Waals surface area contributed by atoms with Crippen LogP contribution in [0.4, 0.5) is 10.2 Å². The molecular weight excluding hydrogens is 531 g/mol. The number of rotatable bonds is 7. The van der Waals surface area contributed by atoms with Crippen LogP contribution in [0, 0.1) is 5.82 Å². The summed E-state index contributed by atoms with van der Waals surface area (Å²) >= 11 is 0. The van der Waals surface area contributed by atoms with Gasteiger partial charge in [-0.2, -0.15) is 5.10 Å². The minimum atomic E-state index is -0.195. The third-order valence-electron chi connectivity index (χ3n) is 9.16. The first kappa shape index (κ1) is 27.0. The summed E-state index contributed by atoms with van der Waals surface area (Å²) in [7, 11) is 0. The second-order valence-corrected chi connectivity index (χ2v) is 11.7. The van der Waals surface area contributed by atoms with Crippen molar-refractivity contribution in [3.05, 3.63) is 71.9 Å². The average Bonchev–Trinajstić information content (AvgIpc) is 3.61. The maximum Gasteiger partial charge on any atom is 0.164 e. The monoisotopic (exact) mass is 568 g/mol. The van der Waals surface area contributed by atoms with Crippen molar-refractivity contribution in [2.45, 2.75) is 44.2 Å². The molecule has 9 nitrogen and oxygen atoms in total. The molecule has 0 unspecified atom stereocenters. The lowest BCUT2D eigenvalue weighted by Gasteiger charge is -2.41. The normalized spacial score (nSPS) is 20.5. The fraction of sp³-hybridized carbons (Fsp3) is 0.406. The van der Waals surface area contributed by atoms with Gasteiger partial charge in [0.1, 0.15) is 23.7 Å². The second-order valence-electron chi connectivity index (χ2n) is 11.7. The van der Waals surface area contributed by atoms with Crippen molar-refractivity contribution in [3.8, 4) is 11.3 Å². The quantitative estimate of drug-likeness (QED) is 0.267. The number of aliphatic hydroxyl groups excluding tert-OH is 1. The highest BCUT2D eigenvalue weighted by atomic mass is 19.1. The standard InChI is InChI=1S/C32H37FN8O/c33-27-4-2-1-3-21(27)18-24-19-23-17-22(5-10-28(23)37-24)30-29-31(34)35-20-36-32(29)41(38-30)26-8-6-25(7-9-26)40-13-11-39(12-14-40)15-16-42/h1-5,10,17,19-20,25-26,37,42H,6-9,11-16,18H2,(H2,34,35,36). The number of β-amino-alcohol motifs (C(OH)–C–C–N with tert-alkyl or cyclic N) is 1. The van der Waals surface area contributed by atoms with E-state index >= 15 is 0 Å². The van der Waals surface area contributed by atoms with Gasteiger partial charge in [-0.05, 0) is 55.5 Å². The van der Waals surface area contributed by atoms with Crippen LogP contribution in [0.5, 0.6) is 0 Å². The molecule has 0 bridgehead atoms. The van der Waals surface area contributed by atoms with Gasteiger partial charge in [0.05, 0.1) is 18.0 Å². The lowest BCUT2D eigenvalue weighted by molar-refractivity contribution is 0.0629. The summed E-state index contributed by atoms with van der Waals surface area (Å²) in [5, 5.41) is 16.2. The molecule has 4 heterocycles. The Hall–Kier alpha value is -3.86. The number of nitrogens with one attached hydrogen (secondary N) is 1. The molecule has 218 valence electrons. The zero-order valence-electron chi connectivity index (χ0n) is 23.7. The van der Waals surface area contributed by atoms with Crippen molar-refractivity contribution in [2.24, 2.45) is 0 Å². The molecule has 2 aromatic carbocycles. The van der Waals surface area contributed by atoms with Gasteiger partial charge in [-0.3, -0.25) is 9.80 Å². The number of aromatic amines is 1. The largest absolute Gasteiger partial charge is 0.395 e. The fourth-order valence-electron chi connectivity index (χ4n) is 6.90. The van der Waals surface area contributed by atoms with Gasteiger partial charge in [-0.25, -0.2) is 19.0 Å². The molecule has 1 saturated heterocycles. The summed E-state index contributed by atoms with van der Waals surface area (Å²) in [5.41, 5.74) is 11.6. The first-order valence-electron chi connectivity index (χ1n) is 15.0. The van der Waals surface area contributed by atoms with Crippen molar-refractivity contribution >= 4 is 27.8 Å². The van der Waals surface area contributed by atoms with Gasteiger partial charge in [0, 0.05) is 67.3 Å². The number of nitrogens with two attached hydrogens (primary N) is 1. The Morgan fingerprint density at radius 3 is 2.52 bits per heavy atom. The van der Waals surface area contributed by atoms with Gasteiger partial charge in [0.15, 0.2) is 5.65 Å². The average molecular weight is 569 g/mol. The molecule has 42 heavy (non-hydrogen) atoms. The minimum absolute atomic E-state index is 0.195. The molecule has 1 saturated carbocycles. The highest BCUT2D eigenvalue weighted by Crippen LogP contribution is 2.38. The molecule has 0 radical (unpaired) electrons. The van der Waals surface area contributed by atoms with E-state index in [0.29, 0.717) is 23.8 Å². The summed E-state index contributed by atoms with van der Waals surface area (Å²) in [6.07, 6.45) is 6.36. The van der Waals surface area contributed by atoms with Gasteiger partial charge in [-0.1, -0.05) is 24.3 Å². The Morgan fingerprint density at radius 1 is 0.952 bits per heavy atom. The van der Waals surface area contributed by atoms with Crippen molar-refractivity contribution < 1.29 is 9.50 Å². The highest BCUT2D eigenvalue weighted by Gasteiger charge is 2.31. The summed E-state index contributed by atoms with van der Waals surface area (Å²) in [6.45, 7) is 5.19. The van der Waals surface area contributed by atoms with Crippen LogP contribution in [0.2, 0.25) is 0 Å². The molecule has 10 heteroatoms. The topological polar surface area (TPSA) is 112 Å². The Kier molecular flexibility index (Phi) is 7.35. The molecule has 7 rings (SSSR count). The highest BCUT2D eigenvalue weighted by molar-refractivity contribution is 6.00. The number of halogens is 1. The van der Waals surface area contributed by atoms with E-state index in [1.54, 1.807) is 6.07 Å². The number of H-pyrrole nitrogens is 1. The molecule has 0 spiro atoms. The third kappa shape index (κ3) is 5.14. The van der Waals surface area contributed by atoms with Gasteiger partial charge in [-0.15, -0.1) is 0 Å². The first-order chi connectivity index (χ1) is 20.6. The van der Waals surface area contributed by atoms with E-state index in [9.17, 15) is 9.50 Å². The van der Waals surface area contributed by atoms with Crippen LogP contribution in [-0.2, 0) is 6.42 Å². The summed E-state index contributed by atoms with van der Waals surface area (Å²) < 4.78 is 16.3. The Bertz CT molecular complexity index is 1700. The number of benzene rings is 2. The summed E-state index contributed by atoms with van der Waals surface area (Å²) in [4.78, 5) is 17.4. The number of piperazine rings is 1. The van der Waals surface area contributed by atoms with Crippen molar-refractivity contribution in [1.82, 2.24) is 34.5 Å². The van der Waals surface area contributed by atoms with E-state index in [1.165, 1.54) is 12.4 Å². The number of aromatic nitrogens is 5. The first-order valence-corrected chi connectivity index (χ1v) is 15.0. The number of nitrogen functional groups attached to an aromatic ring is 1. The van der Waals surface area contributed by atoms with Crippen molar-refractivity contribution in [1.29, 1.82) is 0 Å². The smallest absolute Gasteiger partial charge is 0.164 e. The van der Waals surface area contributed by atoms with Crippen LogP contribution >= 0.6 is 0 Å². The van der Waals surface area contributed by atoms with E-state index in [1.807, 2.05) is 18.2 Å². The fourth-order valence-corrected chi connectivity index (χ4v) is 6.90. The molecule has 0 atom stereocenters. The third-order valence-corrected chi connectivity index (χ3v) is 9.16. The molecule has 4 N–H and O–H groups in total. The predicted molar refractivity (Wildman–Crippen MR) is 163 cm³/mol. The summed E-state index contributed by atoms with van der Waals surface area (Å²) in [5.74, 6) is 0.240. The second kappa shape index (κ2) is 11.4. The van der Waals surface area contributed by atoms with E-state index < -0.39 is 0 Å². The number of hydrogen-bond donors (Lipinski definition) is 3. The van der Waals surface area contributed by atoms with E-state index in [0.717, 1.165) is 97.3 Å². The maximum absolute atomic E-state index is 14.3. The van der Waals surface area contributed by atoms with Crippen molar-refractivity contribution in [3.63, 3.8) is 0 Å². The zero-order chi connectivity index (χ0) is 28.6. The van der Waals surface area contributed by atoms with Crippen LogP contribution < -0.4 is 5.73 Å². The van der Waals surface area contributed by atoms with E-state index in [2.05, 4.69) is 47.6 Å². The van der Waals surface area contributed by atoms with Gasteiger partial charge < -0.3 is 15.8 Å². The van der Waals surface area contributed by atoms with E-state index in [-0.39, 0.29) is 18.5 Å². The number of anilines is 1. The molecular formula is C32H37FN8O. The lowest BCUT2D eigenvalue weighted by Crippen LogP contribution is -2.51. The zero-order valence-corrected chi connectivity index (χ0v) is 23.7. The molecule has 0 amide bonds. The van der Waals surface area contributed by atoms with E-state index in [4.69, 9.17) is 10.8 Å². The molecule has 1 aliphatic carbocycles. The maximum atomic E-state index is 14.3. The number of nitrogens with zero attached hydrogens (tertiary/aromatic N) is 6. The van der Waals surface area contributed by atoms with Crippen LogP contribution in [0.25, 0.3) is 33.2 Å². The molecule has 5 aromatic rings. The van der Waals surface area contributed by atoms with Crippen LogP contribution in [-0.4, -0.2) is 85.0 Å².